The van der Waals surface area contributed by atoms with Crippen LogP contribution in [0.15, 0.2) is 12.2 Å². The van der Waals surface area contributed by atoms with E-state index in [1.165, 1.54) is 122 Å². The lowest BCUT2D eigenvalue weighted by molar-refractivity contribution is -0.161. The summed E-state index contributed by atoms with van der Waals surface area (Å²) in [5, 5.41) is 4.43. The van der Waals surface area contributed by atoms with Crippen molar-refractivity contribution in [2.24, 2.45) is 0 Å². The van der Waals surface area contributed by atoms with Crippen LogP contribution < -0.4 is 0 Å². The Balaban J connectivity index is 3.66. The Morgan fingerprint density at radius 3 is 1.38 bits per heavy atom. The second kappa shape index (κ2) is 34.1. The van der Waals surface area contributed by atoms with Crippen LogP contribution in [0, 0.1) is 0 Å². The fourth-order valence-electron chi connectivity index (χ4n) is 5.25. The summed E-state index contributed by atoms with van der Waals surface area (Å²) in [6.45, 7) is 4.38. The number of hydrogen-bond donors (Lipinski definition) is 1. The van der Waals surface area contributed by atoms with Crippen LogP contribution in [0.3, 0.4) is 0 Å². The molecule has 42 heavy (non-hydrogen) atoms. The smallest absolute Gasteiger partial charge is 0.306 e. The first-order chi connectivity index (χ1) is 21.1. The van der Waals surface area contributed by atoms with E-state index in [1.54, 1.807) is 0 Å². The lowest BCUT2D eigenvalue weighted by Crippen LogP contribution is -2.28. The van der Waals surface area contributed by atoms with E-state index in [-0.39, 0.29) is 25.2 Å². The minimum atomic E-state index is -0.719. The topological polar surface area (TPSA) is 72.8 Å². The van der Waals surface area contributed by atoms with Crippen LogP contribution in [-0.4, -0.2) is 37.8 Å². The third-order valence-corrected chi connectivity index (χ3v) is 8.04. The molecule has 5 heteroatoms. The number of carbonyl (C=O) groups excluding carboxylic acids is 2. The summed E-state index contributed by atoms with van der Waals surface area (Å²) in [5.41, 5.74) is 0. The predicted molar refractivity (Wildman–Crippen MR) is 178 cm³/mol. The van der Waals surface area contributed by atoms with Gasteiger partial charge < -0.3 is 14.6 Å². The molecule has 0 fully saturated rings. The summed E-state index contributed by atoms with van der Waals surface area (Å²) in [6.07, 6.45) is 36.9. The molecule has 0 rings (SSSR count). The third-order valence-electron chi connectivity index (χ3n) is 8.04. The largest absolute Gasteiger partial charge is 0.462 e. The molecule has 0 unspecified atom stereocenters. The standard InChI is InChI=1S/C37H70O5/c1-3-5-7-9-11-13-15-17-18-20-22-24-26-28-30-32-37(40)42-35(33-38)34-41-36(39)31-29-27-25-23-21-19-16-14-12-10-8-6-4-2/h17-18,35,38H,3-16,19-34H2,1-2H3/b18-17-/t35-/m0/s1/i38D. The lowest BCUT2D eigenvalue weighted by Gasteiger charge is -2.15. The average molecular weight is 596 g/mol. The molecule has 0 aliphatic carbocycles. The molecule has 0 spiro atoms. The molecule has 5 nitrogen and oxygen atoms in total. The first-order valence-electron chi connectivity index (χ1n) is 18.6. The number of esters is 2. The Morgan fingerprint density at radius 2 is 0.952 bits per heavy atom. The number of ether oxygens (including phenoxy) is 2. The van der Waals surface area contributed by atoms with E-state index in [9.17, 15) is 9.59 Å². The van der Waals surface area contributed by atoms with Crippen molar-refractivity contribution in [3.63, 3.8) is 0 Å². The van der Waals surface area contributed by atoms with E-state index >= 15 is 0 Å². The summed E-state index contributed by atoms with van der Waals surface area (Å²) in [5.74, 6) is -0.585. The van der Waals surface area contributed by atoms with Crippen LogP contribution in [0.25, 0.3) is 0 Å². The maximum Gasteiger partial charge on any atom is 0.306 e. The van der Waals surface area contributed by atoms with Crippen molar-refractivity contribution in [3.05, 3.63) is 12.2 Å². The summed E-state index contributed by atoms with van der Waals surface area (Å²) >= 11 is 0. The highest BCUT2D eigenvalue weighted by Gasteiger charge is 2.16. The normalized spacial score (nSPS) is 12.5. The minimum absolute atomic E-state index is 0.0473. The number of unbranched alkanes of at least 4 members (excludes halogenated alkanes) is 23. The highest BCUT2D eigenvalue weighted by Crippen LogP contribution is 2.14. The van der Waals surface area contributed by atoms with Crippen molar-refractivity contribution in [2.45, 2.75) is 200 Å². The maximum atomic E-state index is 12.2. The molecule has 1 atom stereocenters. The number of hydrogen-bond acceptors (Lipinski definition) is 5. The van der Waals surface area contributed by atoms with E-state index in [1.807, 2.05) is 0 Å². The quantitative estimate of drug-likeness (QED) is 0.0455. The molecule has 0 bridgehead atoms. The Morgan fingerprint density at radius 1 is 0.571 bits per heavy atom. The van der Waals surface area contributed by atoms with Crippen molar-refractivity contribution < 1.29 is 24.2 Å². The third kappa shape index (κ3) is 31.6. The van der Waals surface area contributed by atoms with Gasteiger partial charge in [0.05, 0.1) is 6.61 Å². The van der Waals surface area contributed by atoms with Gasteiger partial charge in [0.2, 0.25) is 1.43 Å². The summed E-state index contributed by atoms with van der Waals surface area (Å²) in [6, 6.07) is 0. The van der Waals surface area contributed by atoms with E-state index in [4.69, 9.17) is 10.9 Å². The molecule has 0 amide bonds. The summed E-state index contributed by atoms with van der Waals surface area (Å²) in [4.78, 5) is 24.3. The lowest BCUT2D eigenvalue weighted by atomic mass is 10.0. The van der Waals surface area contributed by atoms with Gasteiger partial charge in [-0.25, -0.2) is 0 Å². The van der Waals surface area contributed by atoms with Crippen LogP contribution in [-0.2, 0) is 19.1 Å². The van der Waals surface area contributed by atoms with Gasteiger partial charge in [0.25, 0.3) is 0 Å². The summed E-state index contributed by atoms with van der Waals surface area (Å²) in [7, 11) is 0. The number of aliphatic hydroxyl groups excluding tert-OH is 1. The van der Waals surface area contributed by atoms with E-state index in [2.05, 4.69) is 31.1 Å². The first-order valence-corrected chi connectivity index (χ1v) is 18.2. The Kier molecular flexibility index (Phi) is 31.4. The average Bonchev–Trinajstić information content (AvgIpc) is 3.00. The molecule has 0 saturated heterocycles. The van der Waals surface area contributed by atoms with Crippen molar-refractivity contribution in [2.75, 3.05) is 13.2 Å². The molecule has 0 heterocycles. The highest BCUT2D eigenvalue weighted by atomic mass is 16.6. The van der Waals surface area contributed by atoms with E-state index in [0.29, 0.717) is 12.8 Å². The Labute approximate surface area is 262 Å². The number of allylic oxidation sites excluding steroid dienone is 2. The molecule has 248 valence electrons. The van der Waals surface area contributed by atoms with Gasteiger partial charge in [-0.1, -0.05) is 154 Å². The molecule has 0 aliphatic rings. The zero-order chi connectivity index (χ0) is 31.5. The van der Waals surface area contributed by atoms with Crippen molar-refractivity contribution >= 4 is 11.9 Å². The first kappa shape index (κ1) is 38.7. The monoisotopic (exact) mass is 596 g/mol. The van der Waals surface area contributed by atoms with Crippen molar-refractivity contribution in [3.8, 4) is 0 Å². The van der Waals surface area contributed by atoms with E-state index < -0.39 is 6.10 Å². The molecule has 0 aromatic rings. The fraction of sp³-hybridized carbons (Fsp3) is 0.892. The van der Waals surface area contributed by atoms with Crippen LogP contribution in [0.5, 0.6) is 0 Å². The van der Waals surface area contributed by atoms with Gasteiger partial charge in [-0.15, -0.1) is 0 Å². The fourth-order valence-corrected chi connectivity index (χ4v) is 5.25. The summed E-state index contributed by atoms with van der Waals surface area (Å²) < 4.78 is 17.7. The molecule has 0 radical (unpaired) electrons. The number of rotatable bonds is 34. The highest BCUT2D eigenvalue weighted by molar-refractivity contribution is 5.70. The molecule has 0 aromatic carbocycles. The second-order valence-electron chi connectivity index (χ2n) is 12.3. The van der Waals surface area contributed by atoms with Gasteiger partial charge in [-0.2, -0.15) is 0 Å². The molecular weight excluding hydrogens is 524 g/mol. The maximum absolute atomic E-state index is 12.2. The van der Waals surface area contributed by atoms with Crippen molar-refractivity contribution in [1.29, 1.82) is 1.43 Å². The SMILES string of the molecule is [2H]OC[C@@H](COC(=O)CCCCCCCCCCCCCCC)OC(=O)CCCCCCC/C=C\CCCCCCCC. The van der Waals surface area contributed by atoms with Gasteiger partial charge in [-0.3, -0.25) is 9.59 Å². The van der Waals surface area contributed by atoms with Gasteiger partial charge in [0.1, 0.15) is 6.61 Å². The minimum Gasteiger partial charge on any atom is -0.462 e. The van der Waals surface area contributed by atoms with Crippen LogP contribution in [0.2, 0.25) is 0 Å². The van der Waals surface area contributed by atoms with Crippen molar-refractivity contribution in [1.82, 2.24) is 0 Å². The number of carbonyl (C=O) groups is 2. The second-order valence-corrected chi connectivity index (χ2v) is 12.3. The van der Waals surface area contributed by atoms with Gasteiger partial charge in [-0.05, 0) is 38.5 Å². The Hall–Kier alpha value is -1.36. The van der Waals surface area contributed by atoms with Gasteiger partial charge >= 0.3 is 11.9 Å². The van der Waals surface area contributed by atoms with Gasteiger partial charge in [0.15, 0.2) is 6.10 Å². The zero-order valence-electron chi connectivity index (χ0n) is 29.0. The molecular formula is C37H70O5. The van der Waals surface area contributed by atoms with Gasteiger partial charge in [0, 0.05) is 12.8 Å². The number of aliphatic hydroxyl groups is 1. The molecule has 0 aromatic heterocycles. The van der Waals surface area contributed by atoms with Crippen LogP contribution >= 0.6 is 0 Å². The van der Waals surface area contributed by atoms with E-state index in [0.717, 1.165) is 44.9 Å². The predicted octanol–water partition coefficient (Wildman–Crippen LogP) is 11.0. The molecule has 0 saturated carbocycles. The molecule has 1 N–H and O–H groups in total. The van der Waals surface area contributed by atoms with Crippen LogP contribution in [0.4, 0.5) is 0 Å². The Bertz CT molecular complexity index is 624. The zero-order valence-corrected chi connectivity index (χ0v) is 28.0. The van der Waals surface area contributed by atoms with Crippen LogP contribution in [0.1, 0.15) is 194 Å². The molecule has 0 aliphatic heterocycles.